The van der Waals surface area contributed by atoms with Gasteiger partial charge < -0.3 is 10.1 Å². The minimum absolute atomic E-state index is 0.182. The van der Waals surface area contributed by atoms with Crippen LogP contribution in [-0.4, -0.2) is 30.3 Å². The van der Waals surface area contributed by atoms with Crippen LogP contribution in [-0.2, 0) is 19.1 Å². The lowest BCUT2D eigenvalue weighted by molar-refractivity contribution is -0.122. The maximum Gasteiger partial charge on any atom is 0.338 e. The molecule has 0 saturated carbocycles. The molecule has 0 unspecified atom stereocenters. The number of anilines is 2. The van der Waals surface area contributed by atoms with Crippen LogP contribution in [0.1, 0.15) is 55.6 Å². The molecule has 4 aliphatic rings. The fourth-order valence-electron chi connectivity index (χ4n) is 7.03. The molecule has 208 valence electrons. The number of hydrogen-bond acceptors (Lipinski definition) is 5. The highest BCUT2D eigenvalue weighted by molar-refractivity contribution is 6.23. The maximum atomic E-state index is 13.9. The average molecular weight is 557 g/mol. The van der Waals surface area contributed by atoms with Crippen LogP contribution in [0.4, 0.5) is 11.4 Å². The number of carbonyl (C=O) groups excluding carboxylic acids is 4. The van der Waals surface area contributed by atoms with Crippen LogP contribution in [0, 0.1) is 25.7 Å². The van der Waals surface area contributed by atoms with Crippen molar-refractivity contribution in [3.05, 3.63) is 130 Å². The van der Waals surface area contributed by atoms with Crippen molar-refractivity contribution in [1.82, 2.24) is 0 Å². The number of benzene rings is 4. The second-order valence-electron chi connectivity index (χ2n) is 11.3. The number of rotatable bonds is 5. The van der Waals surface area contributed by atoms with Gasteiger partial charge in [-0.3, -0.25) is 14.4 Å². The van der Waals surface area contributed by atoms with Gasteiger partial charge in [0.05, 0.1) is 23.1 Å². The molecule has 7 nitrogen and oxygen atoms in total. The second-order valence-corrected chi connectivity index (χ2v) is 11.3. The predicted octanol–water partition coefficient (Wildman–Crippen LogP) is 5.50. The van der Waals surface area contributed by atoms with E-state index in [0.29, 0.717) is 11.4 Å². The molecule has 2 atom stereocenters. The molecule has 4 aromatic rings. The Balaban J connectivity index is 1.08. The average Bonchev–Trinajstić information content (AvgIpc) is 3.27. The standard InChI is InChI=1S/C35H28N2O5/c1-19-11-16-27(20(2)17-19)36-28(38)18-42-35(41)21-12-14-22(15-13-21)37-33(39)31-29-23-7-3-4-8-24(23)30(32(31)34(37)40)26-10-6-5-9-25(26)29/h3-17,29-32H,18H2,1-2H3,(H,36,38)/t29?,30?,31-,32+. The number of hydrogen-bond donors (Lipinski definition) is 1. The highest BCUT2D eigenvalue weighted by Gasteiger charge is 2.61. The predicted molar refractivity (Wildman–Crippen MR) is 157 cm³/mol. The molecule has 3 aliphatic carbocycles. The largest absolute Gasteiger partial charge is 0.452 e. The van der Waals surface area contributed by atoms with E-state index in [-0.39, 0.29) is 29.2 Å². The van der Waals surface area contributed by atoms with Crippen LogP contribution >= 0.6 is 0 Å². The number of amides is 3. The van der Waals surface area contributed by atoms with E-state index < -0.39 is 30.3 Å². The highest BCUT2D eigenvalue weighted by atomic mass is 16.5. The summed E-state index contributed by atoms with van der Waals surface area (Å²) in [4.78, 5) is 54.1. The minimum Gasteiger partial charge on any atom is -0.452 e. The van der Waals surface area contributed by atoms with E-state index in [1.165, 1.54) is 17.0 Å². The van der Waals surface area contributed by atoms with Crippen LogP contribution in [0.3, 0.4) is 0 Å². The molecule has 2 bridgehead atoms. The van der Waals surface area contributed by atoms with Crippen LogP contribution in [0.2, 0.25) is 0 Å². The summed E-state index contributed by atoms with van der Waals surface area (Å²) in [6.45, 7) is 3.42. The summed E-state index contributed by atoms with van der Waals surface area (Å²) in [7, 11) is 0. The van der Waals surface area contributed by atoms with E-state index in [1.807, 2.05) is 56.3 Å². The van der Waals surface area contributed by atoms with Gasteiger partial charge in [-0.15, -0.1) is 0 Å². The van der Waals surface area contributed by atoms with Crippen molar-refractivity contribution in [1.29, 1.82) is 0 Å². The van der Waals surface area contributed by atoms with Gasteiger partial charge in [0.15, 0.2) is 6.61 Å². The van der Waals surface area contributed by atoms with E-state index in [9.17, 15) is 19.2 Å². The third-order valence-electron chi connectivity index (χ3n) is 8.80. The van der Waals surface area contributed by atoms with Crippen molar-refractivity contribution < 1.29 is 23.9 Å². The zero-order valence-corrected chi connectivity index (χ0v) is 23.2. The summed E-state index contributed by atoms with van der Waals surface area (Å²) in [6, 6.07) is 28.1. The van der Waals surface area contributed by atoms with Gasteiger partial charge in [0.2, 0.25) is 11.8 Å². The Hall–Kier alpha value is -5.04. The Morgan fingerprint density at radius 3 is 1.76 bits per heavy atom. The Morgan fingerprint density at radius 2 is 1.26 bits per heavy atom. The van der Waals surface area contributed by atoms with Crippen molar-refractivity contribution >= 4 is 35.1 Å². The first-order chi connectivity index (χ1) is 20.3. The molecule has 4 aromatic carbocycles. The lowest BCUT2D eigenvalue weighted by atomic mass is 9.55. The van der Waals surface area contributed by atoms with Gasteiger partial charge in [-0.25, -0.2) is 9.69 Å². The normalized spacial score (nSPS) is 21.4. The van der Waals surface area contributed by atoms with Crippen molar-refractivity contribution in [2.24, 2.45) is 11.8 Å². The lowest BCUT2D eigenvalue weighted by Gasteiger charge is -2.45. The van der Waals surface area contributed by atoms with E-state index in [2.05, 4.69) is 29.6 Å². The molecule has 3 amide bonds. The molecule has 7 heteroatoms. The Labute approximate surface area is 243 Å². The molecule has 1 aliphatic heterocycles. The fraction of sp³-hybridized carbons (Fsp3) is 0.200. The first-order valence-corrected chi connectivity index (χ1v) is 14.0. The van der Waals surface area contributed by atoms with Gasteiger partial charge in [-0.2, -0.15) is 0 Å². The minimum atomic E-state index is -0.672. The zero-order valence-electron chi connectivity index (χ0n) is 23.2. The van der Waals surface area contributed by atoms with Gasteiger partial charge in [0.25, 0.3) is 5.91 Å². The molecule has 0 radical (unpaired) electrons. The number of nitrogens with one attached hydrogen (secondary N) is 1. The first kappa shape index (κ1) is 25.9. The summed E-state index contributed by atoms with van der Waals surface area (Å²) >= 11 is 0. The summed E-state index contributed by atoms with van der Waals surface area (Å²) < 4.78 is 5.22. The van der Waals surface area contributed by atoms with Gasteiger partial charge in [0.1, 0.15) is 0 Å². The summed E-state index contributed by atoms with van der Waals surface area (Å²) in [5.74, 6) is -2.88. The molecule has 0 spiro atoms. The molecular weight excluding hydrogens is 528 g/mol. The molecular formula is C35H28N2O5. The van der Waals surface area contributed by atoms with Crippen molar-refractivity contribution in [2.45, 2.75) is 25.7 Å². The number of carbonyl (C=O) groups is 4. The van der Waals surface area contributed by atoms with Crippen molar-refractivity contribution in [2.75, 3.05) is 16.8 Å². The monoisotopic (exact) mass is 556 g/mol. The van der Waals surface area contributed by atoms with E-state index in [0.717, 1.165) is 33.4 Å². The third-order valence-corrected chi connectivity index (χ3v) is 8.80. The third kappa shape index (κ3) is 3.96. The van der Waals surface area contributed by atoms with Gasteiger partial charge in [-0.1, -0.05) is 66.2 Å². The van der Waals surface area contributed by atoms with Crippen LogP contribution < -0.4 is 10.2 Å². The lowest BCUT2D eigenvalue weighted by Crippen LogP contribution is -2.41. The van der Waals surface area contributed by atoms with E-state index in [4.69, 9.17) is 4.74 Å². The molecule has 1 fully saturated rings. The molecule has 0 aromatic heterocycles. The van der Waals surface area contributed by atoms with Gasteiger partial charge in [0, 0.05) is 17.5 Å². The highest BCUT2D eigenvalue weighted by Crippen LogP contribution is 2.61. The molecule has 1 N–H and O–H groups in total. The number of imide groups is 1. The Morgan fingerprint density at radius 1 is 0.738 bits per heavy atom. The quantitative estimate of drug-likeness (QED) is 0.259. The van der Waals surface area contributed by atoms with Crippen LogP contribution in [0.15, 0.2) is 91.0 Å². The van der Waals surface area contributed by atoms with E-state index >= 15 is 0 Å². The van der Waals surface area contributed by atoms with Crippen LogP contribution in [0.25, 0.3) is 0 Å². The summed E-state index contributed by atoms with van der Waals surface area (Å²) in [5.41, 5.74) is 7.75. The summed E-state index contributed by atoms with van der Waals surface area (Å²) in [5, 5.41) is 2.75. The second kappa shape index (κ2) is 9.80. The number of nitrogens with zero attached hydrogens (tertiary/aromatic N) is 1. The SMILES string of the molecule is Cc1ccc(NC(=O)COC(=O)c2ccc(N3C(=O)[C@@H]4C5c6ccccc6C(c6ccccc65)[C@@H]4C3=O)cc2)c(C)c1. The Bertz CT molecular complexity index is 1680. The molecule has 1 heterocycles. The Kier molecular flexibility index (Phi) is 6.04. The molecule has 42 heavy (non-hydrogen) atoms. The maximum absolute atomic E-state index is 13.9. The first-order valence-electron chi connectivity index (χ1n) is 14.0. The fourth-order valence-corrected chi connectivity index (χ4v) is 7.03. The van der Waals surface area contributed by atoms with Gasteiger partial charge >= 0.3 is 5.97 Å². The zero-order chi connectivity index (χ0) is 29.1. The van der Waals surface area contributed by atoms with Crippen molar-refractivity contribution in [3.8, 4) is 0 Å². The van der Waals surface area contributed by atoms with Crippen molar-refractivity contribution in [3.63, 3.8) is 0 Å². The van der Waals surface area contributed by atoms with E-state index in [1.54, 1.807) is 12.1 Å². The smallest absolute Gasteiger partial charge is 0.338 e. The van der Waals surface area contributed by atoms with Crippen LogP contribution in [0.5, 0.6) is 0 Å². The topological polar surface area (TPSA) is 92.8 Å². The molecule has 1 saturated heterocycles. The number of esters is 1. The molecule has 8 rings (SSSR count). The summed E-state index contributed by atoms with van der Waals surface area (Å²) in [6.07, 6.45) is 0. The van der Waals surface area contributed by atoms with Gasteiger partial charge in [-0.05, 0) is 72.0 Å². The number of aryl methyl sites for hydroxylation is 2. The number of ether oxygens (including phenoxy) is 1.